The molecule has 0 fully saturated rings. The van der Waals surface area contributed by atoms with Crippen molar-refractivity contribution in [3.63, 3.8) is 0 Å². The number of carbonyl (C=O) groups is 1. The van der Waals surface area contributed by atoms with E-state index in [4.69, 9.17) is 33.2 Å². The number of methoxy groups -OCH3 is 1. The first-order chi connectivity index (χ1) is 10.0. The summed E-state index contributed by atoms with van der Waals surface area (Å²) < 4.78 is 5.15. The third-order valence-corrected chi connectivity index (χ3v) is 3.50. The molecule has 0 aliphatic carbocycles. The maximum Gasteiger partial charge on any atom is 0.255 e. The van der Waals surface area contributed by atoms with Crippen LogP contribution in [-0.4, -0.2) is 13.0 Å². The van der Waals surface area contributed by atoms with Crippen LogP contribution in [0.25, 0.3) is 0 Å². The minimum Gasteiger partial charge on any atom is -0.495 e. The van der Waals surface area contributed by atoms with Gasteiger partial charge in [0.15, 0.2) is 0 Å². The van der Waals surface area contributed by atoms with Crippen molar-refractivity contribution in [3.05, 3.63) is 57.6 Å². The normalized spacial score (nSPS) is 9.81. The molecule has 0 aliphatic rings. The van der Waals surface area contributed by atoms with Crippen molar-refractivity contribution in [2.24, 2.45) is 0 Å². The van der Waals surface area contributed by atoms with E-state index in [9.17, 15) is 4.79 Å². The number of ether oxygens (including phenoxy) is 1. The topological polar surface area (TPSA) is 62.1 Å². The highest BCUT2D eigenvalue weighted by Gasteiger charge is 2.11. The molecule has 6 heteroatoms. The van der Waals surface area contributed by atoms with Gasteiger partial charge in [0.2, 0.25) is 0 Å². The van der Waals surface area contributed by atoms with Gasteiger partial charge < -0.3 is 10.1 Å². The highest BCUT2D eigenvalue weighted by atomic mass is 35.5. The number of amides is 1. The Morgan fingerprint density at radius 1 is 1.19 bits per heavy atom. The van der Waals surface area contributed by atoms with Crippen molar-refractivity contribution in [2.75, 3.05) is 12.4 Å². The molecule has 0 heterocycles. The predicted octanol–water partition coefficient (Wildman–Crippen LogP) is 4.13. The van der Waals surface area contributed by atoms with Crippen molar-refractivity contribution in [2.45, 2.75) is 0 Å². The second kappa shape index (κ2) is 6.49. The maximum atomic E-state index is 12.2. The van der Waals surface area contributed by atoms with E-state index in [2.05, 4.69) is 5.32 Å². The van der Waals surface area contributed by atoms with E-state index in [0.29, 0.717) is 32.6 Å². The van der Waals surface area contributed by atoms with E-state index in [1.807, 2.05) is 6.07 Å². The van der Waals surface area contributed by atoms with Crippen molar-refractivity contribution >= 4 is 34.8 Å². The Balaban J connectivity index is 2.27. The molecule has 106 valence electrons. The van der Waals surface area contributed by atoms with Crippen LogP contribution in [0, 0.1) is 11.3 Å². The largest absolute Gasteiger partial charge is 0.495 e. The third kappa shape index (κ3) is 3.46. The summed E-state index contributed by atoms with van der Waals surface area (Å²) >= 11 is 11.7. The van der Waals surface area contributed by atoms with Crippen LogP contribution in [0.5, 0.6) is 5.75 Å². The fourth-order valence-electron chi connectivity index (χ4n) is 1.70. The first kappa shape index (κ1) is 15.2. The van der Waals surface area contributed by atoms with Crippen LogP contribution in [0.4, 0.5) is 5.69 Å². The molecule has 0 bridgehead atoms. The summed E-state index contributed by atoms with van der Waals surface area (Å²) in [7, 11) is 1.46. The molecule has 4 nitrogen and oxygen atoms in total. The quantitative estimate of drug-likeness (QED) is 0.925. The third-order valence-electron chi connectivity index (χ3n) is 2.76. The molecule has 0 atom stereocenters. The average molecular weight is 321 g/mol. The van der Waals surface area contributed by atoms with Crippen LogP contribution in [0.15, 0.2) is 36.4 Å². The van der Waals surface area contributed by atoms with Gasteiger partial charge in [-0.05, 0) is 30.3 Å². The van der Waals surface area contributed by atoms with Crippen LogP contribution >= 0.6 is 23.2 Å². The fourth-order valence-corrected chi connectivity index (χ4v) is 1.99. The van der Waals surface area contributed by atoms with E-state index < -0.39 is 0 Å². The van der Waals surface area contributed by atoms with Crippen LogP contribution in [0.2, 0.25) is 10.0 Å². The lowest BCUT2D eigenvalue weighted by molar-refractivity contribution is 0.102. The summed E-state index contributed by atoms with van der Waals surface area (Å²) in [5, 5.41) is 12.2. The SMILES string of the molecule is COc1cc(C#N)ccc1NC(=O)c1ccc(Cl)c(Cl)c1. The Labute approximate surface area is 131 Å². The van der Waals surface area contributed by atoms with Gasteiger partial charge in [-0.2, -0.15) is 5.26 Å². The average Bonchev–Trinajstić information content (AvgIpc) is 2.50. The standard InChI is InChI=1S/C15H10Cl2N2O2/c1-21-14-6-9(8-18)2-5-13(14)19-15(20)10-3-4-11(16)12(17)7-10/h2-7H,1H3,(H,19,20). The van der Waals surface area contributed by atoms with E-state index >= 15 is 0 Å². The molecule has 1 N–H and O–H groups in total. The molecule has 0 aliphatic heterocycles. The van der Waals surface area contributed by atoms with Crippen LogP contribution < -0.4 is 10.1 Å². The molecule has 21 heavy (non-hydrogen) atoms. The molecular formula is C15H10Cl2N2O2. The van der Waals surface area contributed by atoms with Gasteiger partial charge in [-0.25, -0.2) is 0 Å². The molecule has 0 saturated heterocycles. The van der Waals surface area contributed by atoms with Crippen LogP contribution in [-0.2, 0) is 0 Å². The second-order valence-electron chi connectivity index (χ2n) is 4.11. The molecule has 2 aromatic carbocycles. The predicted molar refractivity (Wildman–Crippen MR) is 82.1 cm³/mol. The van der Waals surface area contributed by atoms with Crippen LogP contribution in [0.3, 0.4) is 0 Å². The van der Waals surface area contributed by atoms with Crippen molar-refractivity contribution in [1.29, 1.82) is 5.26 Å². The van der Waals surface area contributed by atoms with Gasteiger partial charge in [0.05, 0.1) is 34.5 Å². The molecule has 0 saturated carbocycles. The summed E-state index contributed by atoms with van der Waals surface area (Å²) in [6.45, 7) is 0. The molecule has 0 aromatic heterocycles. The van der Waals surface area contributed by atoms with Gasteiger partial charge in [-0.15, -0.1) is 0 Å². The fraction of sp³-hybridized carbons (Fsp3) is 0.0667. The lowest BCUT2D eigenvalue weighted by Gasteiger charge is -2.10. The van der Waals surface area contributed by atoms with Gasteiger partial charge in [0.1, 0.15) is 5.75 Å². The van der Waals surface area contributed by atoms with Gasteiger partial charge in [0.25, 0.3) is 5.91 Å². The number of halogens is 2. The minimum absolute atomic E-state index is 0.302. The van der Waals surface area contributed by atoms with Crippen LogP contribution in [0.1, 0.15) is 15.9 Å². The number of benzene rings is 2. The number of hydrogen-bond donors (Lipinski definition) is 1. The lowest BCUT2D eigenvalue weighted by Crippen LogP contribution is -2.12. The summed E-state index contributed by atoms with van der Waals surface area (Å²) in [5.41, 5.74) is 1.28. The molecule has 1 amide bonds. The van der Waals surface area contributed by atoms with E-state index in [-0.39, 0.29) is 5.91 Å². The highest BCUT2D eigenvalue weighted by molar-refractivity contribution is 6.42. The van der Waals surface area contributed by atoms with Crippen molar-refractivity contribution < 1.29 is 9.53 Å². The Morgan fingerprint density at radius 3 is 2.57 bits per heavy atom. The smallest absolute Gasteiger partial charge is 0.255 e. The summed E-state index contributed by atoms with van der Waals surface area (Å²) in [5.74, 6) is 0.0547. The molecule has 2 aromatic rings. The summed E-state index contributed by atoms with van der Waals surface area (Å²) in [6, 6.07) is 11.3. The number of rotatable bonds is 3. The number of nitriles is 1. The Hall–Kier alpha value is -2.22. The van der Waals surface area contributed by atoms with Crippen molar-refractivity contribution in [1.82, 2.24) is 0 Å². The monoisotopic (exact) mass is 320 g/mol. The molecule has 0 spiro atoms. The first-order valence-electron chi connectivity index (χ1n) is 5.89. The lowest BCUT2D eigenvalue weighted by atomic mass is 10.1. The number of hydrogen-bond acceptors (Lipinski definition) is 3. The minimum atomic E-state index is -0.350. The summed E-state index contributed by atoms with van der Waals surface area (Å²) in [4.78, 5) is 12.2. The Morgan fingerprint density at radius 2 is 1.95 bits per heavy atom. The number of carbonyl (C=O) groups excluding carboxylic acids is 1. The number of anilines is 1. The molecule has 2 rings (SSSR count). The number of nitrogens with zero attached hydrogens (tertiary/aromatic N) is 1. The maximum absolute atomic E-state index is 12.2. The van der Waals surface area contributed by atoms with E-state index in [1.54, 1.807) is 30.3 Å². The summed E-state index contributed by atoms with van der Waals surface area (Å²) in [6.07, 6.45) is 0. The Kier molecular flexibility index (Phi) is 4.69. The van der Waals surface area contributed by atoms with Gasteiger partial charge in [-0.1, -0.05) is 23.2 Å². The highest BCUT2D eigenvalue weighted by Crippen LogP contribution is 2.27. The molecule has 0 radical (unpaired) electrons. The van der Waals surface area contributed by atoms with Gasteiger partial charge >= 0.3 is 0 Å². The zero-order valence-electron chi connectivity index (χ0n) is 11.0. The zero-order chi connectivity index (χ0) is 15.4. The molecular weight excluding hydrogens is 311 g/mol. The van der Waals surface area contributed by atoms with E-state index in [0.717, 1.165) is 0 Å². The van der Waals surface area contributed by atoms with Crippen molar-refractivity contribution in [3.8, 4) is 11.8 Å². The second-order valence-corrected chi connectivity index (χ2v) is 4.92. The first-order valence-corrected chi connectivity index (χ1v) is 6.65. The van der Waals surface area contributed by atoms with Gasteiger partial charge in [0, 0.05) is 11.6 Å². The Bertz CT molecular complexity index is 739. The number of nitrogens with one attached hydrogen (secondary N) is 1. The zero-order valence-corrected chi connectivity index (χ0v) is 12.5. The molecule has 0 unspecified atom stereocenters. The van der Waals surface area contributed by atoms with Gasteiger partial charge in [-0.3, -0.25) is 4.79 Å². The van der Waals surface area contributed by atoms with E-state index in [1.165, 1.54) is 13.2 Å².